The van der Waals surface area contributed by atoms with E-state index >= 15 is 0 Å². The zero-order chi connectivity index (χ0) is 19.4. The van der Waals surface area contributed by atoms with Crippen LogP contribution in [-0.4, -0.2) is 52.2 Å². The summed E-state index contributed by atoms with van der Waals surface area (Å²) in [4.78, 5) is 26.0. The van der Waals surface area contributed by atoms with E-state index in [0.717, 1.165) is 11.3 Å². The first-order chi connectivity index (χ1) is 12.8. The van der Waals surface area contributed by atoms with Crippen molar-refractivity contribution in [2.75, 3.05) is 25.5 Å². The van der Waals surface area contributed by atoms with E-state index in [-0.39, 0.29) is 24.9 Å². The van der Waals surface area contributed by atoms with Crippen LogP contribution in [0.15, 0.2) is 36.7 Å². The SMILES string of the molecule is CNC(=O)Cn1cc(NC(=O)CN2Cc3ccccc3OC(C)(C)C2)cn1. The lowest BCUT2D eigenvalue weighted by atomic mass is 10.1. The third-order valence-corrected chi connectivity index (χ3v) is 4.23. The molecule has 0 unspecified atom stereocenters. The number of anilines is 1. The van der Waals surface area contributed by atoms with Crippen molar-refractivity contribution in [2.24, 2.45) is 0 Å². The molecular formula is C19H25N5O3. The number of ether oxygens (including phenoxy) is 1. The van der Waals surface area contributed by atoms with Crippen molar-refractivity contribution >= 4 is 17.5 Å². The Morgan fingerprint density at radius 2 is 2.00 bits per heavy atom. The highest BCUT2D eigenvalue weighted by atomic mass is 16.5. The number of nitrogens with one attached hydrogen (secondary N) is 2. The molecule has 1 aromatic heterocycles. The third kappa shape index (κ3) is 5.07. The molecule has 0 saturated carbocycles. The number of hydrogen-bond acceptors (Lipinski definition) is 5. The first-order valence-electron chi connectivity index (χ1n) is 8.87. The van der Waals surface area contributed by atoms with Crippen LogP contribution in [0.4, 0.5) is 5.69 Å². The molecule has 0 bridgehead atoms. The summed E-state index contributed by atoms with van der Waals surface area (Å²) in [5, 5.41) is 9.45. The van der Waals surface area contributed by atoms with Gasteiger partial charge in [0, 0.05) is 31.9 Å². The highest BCUT2D eigenvalue weighted by molar-refractivity contribution is 5.92. The largest absolute Gasteiger partial charge is 0.486 e. The van der Waals surface area contributed by atoms with Gasteiger partial charge in [-0.2, -0.15) is 5.10 Å². The highest BCUT2D eigenvalue weighted by Crippen LogP contribution is 2.28. The lowest BCUT2D eigenvalue weighted by Crippen LogP contribution is -2.43. The maximum atomic E-state index is 12.5. The molecule has 0 fully saturated rings. The Hall–Kier alpha value is -2.87. The minimum Gasteiger partial charge on any atom is -0.486 e. The summed E-state index contributed by atoms with van der Waals surface area (Å²) in [6.07, 6.45) is 3.17. The normalized spacial score (nSPS) is 16.0. The van der Waals surface area contributed by atoms with Gasteiger partial charge in [0.25, 0.3) is 0 Å². The van der Waals surface area contributed by atoms with Gasteiger partial charge in [-0.3, -0.25) is 19.2 Å². The molecule has 2 heterocycles. The van der Waals surface area contributed by atoms with Gasteiger partial charge in [0.2, 0.25) is 11.8 Å². The molecular weight excluding hydrogens is 346 g/mol. The smallest absolute Gasteiger partial charge is 0.241 e. The lowest BCUT2D eigenvalue weighted by Gasteiger charge is -2.29. The second-order valence-electron chi connectivity index (χ2n) is 7.26. The summed E-state index contributed by atoms with van der Waals surface area (Å²) in [6, 6.07) is 7.90. The minimum atomic E-state index is -0.398. The number of fused-ring (bicyclic) bond motifs is 1. The zero-order valence-electron chi connectivity index (χ0n) is 15.9. The molecule has 0 radical (unpaired) electrons. The number of likely N-dealkylation sites (N-methyl/N-ethyl adjacent to an activating group) is 1. The number of aromatic nitrogens is 2. The maximum absolute atomic E-state index is 12.5. The van der Waals surface area contributed by atoms with Gasteiger partial charge in [-0.1, -0.05) is 18.2 Å². The molecule has 27 heavy (non-hydrogen) atoms. The van der Waals surface area contributed by atoms with Gasteiger partial charge in [-0.15, -0.1) is 0 Å². The molecule has 2 amide bonds. The number of para-hydroxylation sites is 1. The Bertz CT molecular complexity index is 830. The van der Waals surface area contributed by atoms with Gasteiger partial charge >= 0.3 is 0 Å². The van der Waals surface area contributed by atoms with Crippen molar-refractivity contribution in [1.82, 2.24) is 20.0 Å². The van der Waals surface area contributed by atoms with Gasteiger partial charge < -0.3 is 15.4 Å². The zero-order valence-corrected chi connectivity index (χ0v) is 15.9. The summed E-state index contributed by atoms with van der Waals surface area (Å²) in [6.45, 7) is 5.65. The number of amides is 2. The standard InChI is InChI=1S/C19H25N5O3/c1-19(2)13-23(9-14-6-4-5-7-16(14)27-19)11-18(26)22-15-8-21-24(10-15)12-17(25)20-3/h4-8,10H,9,11-13H2,1-3H3,(H,20,25)(H,22,26). The first kappa shape index (κ1) is 18.9. The van der Waals surface area contributed by atoms with E-state index in [1.807, 2.05) is 38.1 Å². The van der Waals surface area contributed by atoms with Crippen molar-refractivity contribution in [1.29, 1.82) is 0 Å². The monoisotopic (exact) mass is 371 g/mol. The van der Waals surface area contributed by atoms with Crippen LogP contribution in [0.1, 0.15) is 19.4 Å². The minimum absolute atomic E-state index is 0.112. The second kappa shape index (κ2) is 7.79. The molecule has 1 aliphatic rings. The number of carbonyl (C=O) groups is 2. The Balaban J connectivity index is 1.63. The Morgan fingerprint density at radius 3 is 2.78 bits per heavy atom. The lowest BCUT2D eigenvalue weighted by molar-refractivity contribution is -0.121. The number of nitrogens with zero attached hydrogens (tertiary/aromatic N) is 3. The Labute approximate surface area is 158 Å². The molecule has 0 spiro atoms. The van der Waals surface area contributed by atoms with Gasteiger partial charge in [-0.25, -0.2) is 0 Å². The van der Waals surface area contributed by atoms with Crippen LogP contribution < -0.4 is 15.4 Å². The summed E-state index contributed by atoms with van der Waals surface area (Å²) < 4.78 is 7.58. The van der Waals surface area contributed by atoms with Gasteiger partial charge in [-0.05, 0) is 19.9 Å². The van der Waals surface area contributed by atoms with E-state index in [1.54, 1.807) is 13.2 Å². The number of carbonyl (C=O) groups excluding carboxylic acids is 2. The second-order valence-corrected chi connectivity index (χ2v) is 7.26. The molecule has 0 aliphatic carbocycles. The van der Waals surface area contributed by atoms with Crippen molar-refractivity contribution in [3.05, 3.63) is 42.2 Å². The van der Waals surface area contributed by atoms with Crippen LogP contribution in [-0.2, 0) is 22.7 Å². The maximum Gasteiger partial charge on any atom is 0.241 e. The fourth-order valence-corrected chi connectivity index (χ4v) is 3.16. The van der Waals surface area contributed by atoms with Crippen molar-refractivity contribution in [3.8, 4) is 5.75 Å². The summed E-state index contributed by atoms with van der Waals surface area (Å²) in [5.41, 5.74) is 1.23. The average Bonchev–Trinajstić information content (AvgIpc) is 2.96. The molecule has 144 valence electrons. The van der Waals surface area contributed by atoms with Crippen molar-refractivity contribution in [3.63, 3.8) is 0 Å². The van der Waals surface area contributed by atoms with Crippen LogP contribution in [0.3, 0.4) is 0 Å². The first-order valence-corrected chi connectivity index (χ1v) is 8.87. The fraction of sp³-hybridized carbons (Fsp3) is 0.421. The predicted molar refractivity (Wildman–Crippen MR) is 101 cm³/mol. The van der Waals surface area contributed by atoms with Crippen LogP contribution in [0, 0.1) is 0 Å². The van der Waals surface area contributed by atoms with E-state index in [0.29, 0.717) is 18.8 Å². The molecule has 0 atom stereocenters. The van der Waals surface area contributed by atoms with Crippen molar-refractivity contribution in [2.45, 2.75) is 32.5 Å². The molecule has 3 rings (SSSR count). The molecule has 8 heteroatoms. The molecule has 8 nitrogen and oxygen atoms in total. The quantitative estimate of drug-likeness (QED) is 0.826. The van der Waals surface area contributed by atoms with Crippen LogP contribution in [0.5, 0.6) is 5.75 Å². The van der Waals surface area contributed by atoms with Crippen LogP contribution in [0.25, 0.3) is 0 Å². The topological polar surface area (TPSA) is 88.5 Å². The van der Waals surface area contributed by atoms with Gasteiger partial charge in [0.15, 0.2) is 0 Å². The van der Waals surface area contributed by atoms with Crippen molar-refractivity contribution < 1.29 is 14.3 Å². The molecule has 2 N–H and O–H groups in total. The molecule has 2 aromatic rings. The number of rotatable bonds is 5. The fourth-order valence-electron chi connectivity index (χ4n) is 3.16. The summed E-state index contributed by atoms with van der Waals surface area (Å²) in [5.74, 6) is 0.576. The number of benzene rings is 1. The van der Waals surface area contributed by atoms with Crippen LogP contribution in [0.2, 0.25) is 0 Å². The average molecular weight is 371 g/mol. The highest BCUT2D eigenvalue weighted by Gasteiger charge is 2.29. The van der Waals surface area contributed by atoms with E-state index in [1.165, 1.54) is 10.9 Å². The Kier molecular flexibility index (Phi) is 5.46. The Morgan fingerprint density at radius 1 is 1.22 bits per heavy atom. The summed E-state index contributed by atoms with van der Waals surface area (Å²) in [7, 11) is 1.57. The van der Waals surface area contributed by atoms with E-state index in [4.69, 9.17) is 4.74 Å². The molecule has 1 aromatic carbocycles. The number of hydrogen-bond donors (Lipinski definition) is 2. The molecule has 0 saturated heterocycles. The van der Waals surface area contributed by atoms with Gasteiger partial charge in [0.05, 0.1) is 18.4 Å². The van der Waals surface area contributed by atoms with E-state index < -0.39 is 5.60 Å². The van der Waals surface area contributed by atoms with Crippen LogP contribution >= 0.6 is 0 Å². The molecule has 1 aliphatic heterocycles. The van der Waals surface area contributed by atoms with E-state index in [2.05, 4.69) is 20.6 Å². The predicted octanol–water partition coefficient (Wildman–Crippen LogP) is 1.24. The summed E-state index contributed by atoms with van der Waals surface area (Å²) >= 11 is 0. The third-order valence-electron chi connectivity index (χ3n) is 4.23. The van der Waals surface area contributed by atoms with Gasteiger partial charge in [0.1, 0.15) is 17.9 Å². The van der Waals surface area contributed by atoms with E-state index in [9.17, 15) is 9.59 Å².